The predicted molar refractivity (Wildman–Crippen MR) is 128 cm³/mol. The van der Waals surface area contributed by atoms with E-state index in [9.17, 15) is 19.1 Å². The van der Waals surface area contributed by atoms with E-state index < -0.39 is 23.5 Å². The smallest absolute Gasteiger partial charge is 0.300 e. The Balaban J connectivity index is 1.70. The van der Waals surface area contributed by atoms with Crippen LogP contribution in [0.2, 0.25) is 10.0 Å². The molecule has 3 aromatic carbocycles. The van der Waals surface area contributed by atoms with Crippen LogP contribution in [-0.2, 0) is 16.0 Å². The zero-order valence-corrected chi connectivity index (χ0v) is 19.2. The third kappa shape index (κ3) is 3.83. The van der Waals surface area contributed by atoms with Crippen molar-refractivity contribution < 1.29 is 23.8 Å². The topological polar surface area (TPSA) is 66.8 Å². The summed E-state index contributed by atoms with van der Waals surface area (Å²) in [6, 6.07) is 14.1. The zero-order valence-electron chi connectivity index (χ0n) is 17.7. The van der Waals surface area contributed by atoms with E-state index in [1.165, 1.54) is 29.2 Å². The number of halogens is 3. The van der Waals surface area contributed by atoms with Gasteiger partial charge in [-0.15, -0.1) is 0 Å². The minimum atomic E-state index is -0.993. The average Bonchev–Trinajstić information content (AvgIpc) is 3.11. The number of ether oxygens (including phenoxy) is 1. The van der Waals surface area contributed by atoms with E-state index in [0.717, 1.165) is 24.2 Å². The lowest BCUT2D eigenvalue weighted by Crippen LogP contribution is -2.29. The van der Waals surface area contributed by atoms with Crippen LogP contribution < -0.4 is 9.64 Å². The second-order valence-corrected chi connectivity index (χ2v) is 8.91. The molecule has 2 aliphatic rings. The fourth-order valence-electron chi connectivity index (χ4n) is 4.36. The number of ketones is 1. The van der Waals surface area contributed by atoms with Gasteiger partial charge in [-0.25, -0.2) is 4.39 Å². The van der Waals surface area contributed by atoms with Crippen molar-refractivity contribution in [2.45, 2.75) is 18.9 Å². The van der Waals surface area contributed by atoms with Crippen LogP contribution in [0.1, 0.15) is 29.2 Å². The average molecular weight is 498 g/mol. The second kappa shape index (κ2) is 8.78. The molecule has 0 spiro atoms. The van der Waals surface area contributed by atoms with E-state index >= 15 is 0 Å². The van der Waals surface area contributed by atoms with Gasteiger partial charge >= 0.3 is 0 Å². The largest absolute Gasteiger partial charge is 0.507 e. The number of carbonyl (C=O) groups excluding carboxylic acids is 2. The maximum Gasteiger partial charge on any atom is 0.300 e. The molecule has 0 aliphatic carbocycles. The van der Waals surface area contributed by atoms with Gasteiger partial charge in [0.2, 0.25) is 0 Å². The Hall–Kier alpha value is -3.35. The highest BCUT2D eigenvalue weighted by atomic mass is 35.5. The van der Waals surface area contributed by atoms with Crippen LogP contribution in [0.5, 0.6) is 5.75 Å². The number of aliphatic hydroxyl groups is 1. The van der Waals surface area contributed by atoms with Crippen LogP contribution in [-0.4, -0.2) is 23.4 Å². The highest BCUT2D eigenvalue weighted by Crippen LogP contribution is 2.43. The summed E-state index contributed by atoms with van der Waals surface area (Å²) in [5.74, 6) is -1.76. The van der Waals surface area contributed by atoms with Crippen molar-refractivity contribution in [2.75, 3.05) is 11.5 Å². The van der Waals surface area contributed by atoms with Crippen molar-refractivity contribution in [3.63, 3.8) is 0 Å². The molecule has 1 atom stereocenters. The molecule has 1 saturated heterocycles. The fourth-order valence-corrected chi connectivity index (χ4v) is 4.67. The first kappa shape index (κ1) is 22.4. The number of hydrogen-bond acceptors (Lipinski definition) is 4. The molecule has 0 radical (unpaired) electrons. The van der Waals surface area contributed by atoms with E-state index in [0.29, 0.717) is 28.4 Å². The van der Waals surface area contributed by atoms with Crippen LogP contribution in [0.3, 0.4) is 0 Å². The van der Waals surface area contributed by atoms with Crippen LogP contribution in [0.4, 0.5) is 10.1 Å². The summed E-state index contributed by atoms with van der Waals surface area (Å²) in [5, 5.41) is 11.8. The van der Waals surface area contributed by atoms with Gasteiger partial charge in [-0.3, -0.25) is 14.5 Å². The third-order valence-electron chi connectivity index (χ3n) is 5.99. The summed E-state index contributed by atoms with van der Waals surface area (Å²) in [4.78, 5) is 27.6. The van der Waals surface area contributed by atoms with E-state index in [4.69, 9.17) is 27.9 Å². The highest BCUT2D eigenvalue weighted by Gasteiger charge is 2.47. The van der Waals surface area contributed by atoms with E-state index in [1.807, 2.05) is 0 Å². The SMILES string of the molecule is O=C1C(=O)N(c2ccc(F)cc2)C(c2ccc(Cl)c(Cl)c2)/C1=C(/O)c1ccc2c(c1)CCCO2. The fraction of sp³-hybridized carbons (Fsp3) is 0.154. The van der Waals surface area contributed by atoms with Gasteiger partial charge in [0.05, 0.1) is 28.3 Å². The Labute approximate surface area is 205 Å². The molecule has 0 saturated carbocycles. The van der Waals surface area contributed by atoms with Crippen LogP contribution in [0.15, 0.2) is 66.2 Å². The molecule has 1 unspecified atom stereocenters. The molecule has 8 heteroatoms. The number of fused-ring (bicyclic) bond motifs is 1. The van der Waals surface area contributed by atoms with Crippen molar-refractivity contribution >= 4 is 46.3 Å². The Morgan fingerprint density at radius 2 is 1.76 bits per heavy atom. The molecule has 5 rings (SSSR count). The molecule has 172 valence electrons. The molecule has 1 N–H and O–H groups in total. The number of benzene rings is 3. The Morgan fingerprint density at radius 3 is 2.50 bits per heavy atom. The molecular weight excluding hydrogens is 480 g/mol. The van der Waals surface area contributed by atoms with E-state index in [1.54, 1.807) is 36.4 Å². The van der Waals surface area contributed by atoms with Crippen molar-refractivity contribution in [3.05, 3.63) is 98.8 Å². The predicted octanol–water partition coefficient (Wildman–Crippen LogP) is 6.08. The van der Waals surface area contributed by atoms with Gasteiger partial charge in [0.25, 0.3) is 11.7 Å². The summed E-state index contributed by atoms with van der Waals surface area (Å²) in [5.41, 5.74) is 1.99. The normalized spacial score (nSPS) is 19.1. The monoisotopic (exact) mass is 497 g/mol. The molecule has 34 heavy (non-hydrogen) atoms. The van der Waals surface area contributed by atoms with Crippen molar-refractivity contribution in [3.8, 4) is 5.75 Å². The lowest BCUT2D eigenvalue weighted by Gasteiger charge is -2.26. The summed E-state index contributed by atoms with van der Waals surface area (Å²) in [7, 11) is 0. The van der Waals surface area contributed by atoms with Gasteiger partial charge in [-0.2, -0.15) is 0 Å². The first-order valence-electron chi connectivity index (χ1n) is 10.6. The molecule has 3 aromatic rings. The summed E-state index contributed by atoms with van der Waals surface area (Å²) in [6.07, 6.45) is 1.62. The minimum Gasteiger partial charge on any atom is -0.507 e. The number of Topliss-reactive ketones (excluding diaryl/α,β-unsaturated/α-hetero) is 1. The van der Waals surface area contributed by atoms with Gasteiger partial charge in [-0.05, 0) is 78.6 Å². The molecule has 5 nitrogen and oxygen atoms in total. The van der Waals surface area contributed by atoms with Gasteiger partial charge in [0, 0.05) is 11.3 Å². The van der Waals surface area contributed by atoms with Crippen molar-refractivity contribution in [1.82, 2.24) is 0 Å². The number of anilines is 1. The van der Waals surface area contributed by atoms with Gasteiger partial charge in [0.15, 0.2) is 0 Å². The second-order valence-electron chi connectivity index (χ2n) is 8.09. The number of rotatable bonds is 3. The Bertz CT molecular complexity index is 1350. The first-order chi connectivity index (χ1) is 16.3. The molecule has 0 aromatic heterocycles. The molecule has 0 bridgehead atoms. The standard InChI is InChI=1S/C26H18Cl2FNO4/c27-19-9-3-15(13-20(19)28)23-22(24(31)16-4-10-21-14(12-16)2-1-11-34-21)25(32)26(33)30(23)18-7-5-17(29)6-8-18/h3-10,12-13,23,31H,1-2,11H2/b24-22-. The molecule has 2 aliphatic heterocycles. The van der Waals surface area contributed by atoms with Crippen LogP contribution in [0, 0.1) is 5.82 Å². The van der Waals surface area contributed by atoms with Gasteiger partial charge in [0.1, 0.15) is 17.3 Å². The lowest BCUT2D eigenvalue weighted by atomic mass is 9.94. The lowest BCUT2D eigenvalue weighted by molar-refractivity contribution is -0.132. The van der Waals surface area contributed by atoms with E-state index in [2.05, 4.69) is 0 Å². The number of aryl methyl sites for hydroxylation is 1. The number of nitrogens with zero attached hydrogens (tertiary/aromatic N) is 1. The molecule has 2 heterocycles. The number of amides is 1. The summed E-state index contributed by atoms with van der Waals surface area (Å²) < 4.78 is 19.2. The molecule has 1 fully saturated rings. The quantitative estimate of drug-likeness (QED) is 0.270. The van der Waals surface area contributed by atoms with Gasteiger partial charge in [-0.1, -0.05) is 29.3 Å². The van der Waals surface area contributed by atoms with Gasteiger partial charge < -0.3 is 9.84 Å². The van der Waals surface area contributed by atoms with Crippen molar-refractivity contribution in [2.24, 2.45) is 0 Å². The van der Waals surface area contributed by atoms with Crippen LogP contribution in [0.25, 0.3) is 5.76 Å². The summed E-state index contributed by atoms with van der Waals surface area (Å²) >= 11 is 12.3. The molecule has 1 amide bonds. The van der Waals surface area contributed by atoms with Crippen LogP contribution >= 0.6 is 23.2 Å². The number of aliphatic hydroxyl groups excluding tert-OH is 1. The number of carbonyl (C=O) groups is 2. The maximum atomic E-state index is 13.6. The highest BCUT2D eigenvalue weighted by molar-refractivity contribution is 6.51. The zero-order chi connectivity index (χ0) is 24.0. The third-order valence-corrected chi connectivity index (χ3v) is 6.73. The Morgan fingerprint density at radius 1 is 1.00 bits per heavy atom. The first-order valence-corrected chi connectivity index (χ1v) is 11.4. The minimum absolute atomic E-state index is 0.0932. The molecular formula is C26H18Cl2FNO4. The number of hydrogen-bond donors (Lipinski definition) is 1. The van der Waals surface area contributed by atoms with E-state index in [-0.39, 0.29) is 16.4 Å². The Kier molecular flexibility index (Phi) is 5.80. The maximum absolute atomic E-state index is 13.6. The van der Waals surface area contributed by atoms with Crippen molar-refractivity contribution in [1.29, 1.82) is 0 Å². The summed E-state index contributed by atoms with van der Waals surface area (Å²) in [6.45, 7) is 0.623.